The molecule has 0 spiro atoms. The number of rotatable bonds is 7. The van der Waals surface area contributed by atoms with Crippen LogP contribution in [0.2, 0.25) is 5.02 Å². The lowest BCUT2D eigenvalue weighted by Gasteiger charge is -2.45. The highest BCUT2D eigenvalue weighted by atomic mass is 35.5. The second kappa shape index (κ2) is 9.91. The standard InChI is InChI=1S/C30H30ClFN2O5S/c1-15-5-4-6-19(31)23(15)24-18(26(39-34-24)16-7-8-16)13-38-22-9-10-30(37,14-29(22,2)3)28-33-25-20(32)11-17(27(35)36)12-21(25)40-28/h4-6,11-12,16,22,37H,7-10,13-14H2,1-3H3,(H,35,36)/t22-,30+/m1/s1. The van der Waals surface area contributed by atoms with E-state index in [2.05, 4.69) is 10.1 Å². The fraction of sp³-hybridized carbons (Fsp3) is 0.433. The molecule has 210 valence electrons. The molecule has 2 fully saturated rings. The molecule has 2 aliphatic rings. The van der Waals surface area contributed by atoms with Crippen LogP contribution in [0.5, 0.6) is 0 Å². The van der Waals surface area contributed by atoms with Crippen LogP contribution in [0.25, 0.3) is 21.5 Å². The highest BCUT2D eigenvalue weighted by Gasteiger charge is 2.48. The van der Waals surface area contributed by atoms with Gasteiger partial charge in [-0.1, -0.05) is 42.7 Å². The molecular formula is C30H30ClFN2O5S. The summed E-state index contributed by atoms with van der Waals surface area (Å²) in [4.78, 5) is 15.8. The SMILES string of the molecule is Cc1cccc(Cl)c1-c1noc(C2CC2)c1CO[C@@H]1CC[C@@](O)(c2nc3c(F)cc(C(=O)O)cc3s2)CC1(C)C. The normalized spacial score (nSPS) is 22.6. The van der Waals surface area contributed by atoms with E-state index >= 15 is 0 Å². The van der Waals surface area contributed by atoms with Crippen molar-refractivity contribution in [1.29, 1.82) is 0 Å². The van der Waals surface area contributed by atoms with E-state index < -0.39 is 22.8 Å². The third-order valence-electron chi connectivity index (χ3n) is 8.19. The number of aromatic carboxylic acids is 1. The van der Waals surface area contributed by atoms with Crippen LogP contribution in [0.4, 0.5) is 4.39 Å². The number of halogens is 2. The first-order valence-corrected chi connectivity index (χ1v) is 14.6. The highest BCUT2D eigenvalue weighted by molar-refractivity contribution is 7.18. The van der Waals surface area contributed by atoms with E-state index in [-0.39, 0.29) is 17.2 Å². The predicted molar refractivity (Wildman–Crippen MR) is 150 cm³/mol. The van der Waals surface area contributed by atoms with Crippen LogP contribution in [-0.2, 0) is 16.9 Å². The molecular weight excluding hydrogens is 555 g/mol. The van der Waals surface area contributed by atoms with Gasteiger partial charge in [-0.15, -0.1) is 11.3 Å². The topological polar surface area (TPSA) is 106 Å². The Morgan fingerprint density at radius 3 is 2.73 bits per heavy atom. The number of nitrogens with zero attached hydrogens (tertiary/aromatic N) is 2. The number of fused-ring (bicyclic) bond motifs is 1. The largest absolute Gasteiger partial charge is 0.478 e. The molecule has 2 atom stereocenters. The van der Waals surface area contributed by atoms with Crippen molar-refractivity contribution in [3.63, 3.8) is 0 Å². The maximum atomic E-state index is 14.6. The predicted octanol–water partition coefficient (Wildman–Crippen LogP) is 7.61. The third kappa shape index (κ3) is 4.83. The maximum absolute atomic E-state index is 14.6. The van der Waals surface area contributed by atoms with E-state index in [9.17, 15) is 19.4 Å². The summed E-state index contributed by atoms with van der Waals surface area (Å²) >= 11 is 7.72. The molecule has 0 bridgehead atoms. The molecule has 0 unspecified atom stereocenters. The van der Waals surface area contributed by atoms with Crippen molar-refractivity contribution < 1.29 is 28.7 Å². The van der Waals surface area contributed by atoms with E-state index in [1.54, 1.807) is 0 Å². The fourth-order valence-corrected chi connectivity index (χ4v) is 7.41. The van der Waals surface area contributed by atoms with Crippen molar-refractivity contribution in [2.75, 3.05) is 0 Å². The molecule has 10 heteroatoms. The minimum Gasteiger partial charge on any atom is -0.478 e. The van der Waals surface area contributed by atoms with Gasteiger partial charge in [0.05, 0.1) is 28.0 Å². The van der Waals surface area contributed by atoms with Crippen LogP contribution in [-0.4, -0.2) is 32.4 Å². The Bertz CT molecular complexity index is 1610. The summed E-state index contributed by atoms with van der Waals surface area (Å²) in [5.74, 6) is -0.717. The van der Waals surface area contributed by atoms with Crippen molar-refractivity contribution in [2.45, 2.75) is 77.1 Å². The first kappa shape index (κ1) is 27.3. The molecule has 2 aromatic heterocycles. The van der Waals surface area contributed by atoms with Gasteiger partial charge >= 0.3 is 5.97 Å². The van der Waals surface area contributed by atoms with Gasteiger partial charge in [0, 0.05) is 17.0 Å². The van der Waals surface area contributed by atoms with Crippen molar-refractivity contribution in [3.8, 4) is 11.3 Å². The number of aryl methyl sites for hydroxylation is 1. The Labute approximate surface area is 239 Å². The van der Waals surface area contributed by atoms with E-state index in [1.807, 2.05) is 39.0 Å². The lowest BCUT2D eigenvalue weighted by atomic mass is 9.68. The number of aromatic nitrogens is 2. The summed E-state index contributed by atoms with van der Waals surface area (Å²) in [6.07, 6.45) is 3.24. The average Bonchev–Trinajstić information content (AvgIpc) is 3.48. The van der Waals surface area contributed by atoms with E-state index in [0.717, 1.165) is 52.7 Å². The lowest BCUT2D eigenvalue weighted by Crippen LogP contribution is -2.45. The summed E-state index contributed by atoms with van der Waals surface area (Å²) in [7, 11) is 0. The Hall–Kier alpha value is -2.85. The fourth-order valence-electron chi connectivity index (χ4n) is 5.96. The summed E-state index contributed by atoms with van der Waals surface area (Å²) < 4.78 is 27.4. The van der Waals surface area contributed by atoms with Crippen LogP contribution in [0.1, 0.15) is 84.1 Å². The van der Waals surface area contributed by atoms with Gasteiger partial charge in [-0.05, 0) is 68.2 Å². The van der Waals surface area contributed by atoms with Gasteiger partial charge in [-0.3, -0.25) is 0 Å². The summed E-state index contributed by atoms with van der Waals surface area (Å²) in [5.41, 5.74) is 1.72. The number of thiazole rings is 1. The first-order chi connectivity index (χ1) is 19.0. The zero-order valence-electron chi connectivity index (χ0n) is 22.5. The van der Waals surface area contributed by atoms with Crippen molar-refractivity contribution in [1.82, 2.24) is 10.1 Å². The lowest BCUT2D eigenvalue weighted by molar-refractivity contribution is -0.130. The summed E-state index contributed by atoms with van der Waals surface area (Å²) in [6, 6.07) is 8.13. The third-order valence-corrected chi connectivity index (χ3v) is 9.70. The number of hydrogen-bond donors (Lipinski definition) is 2. The van der Waals surface area contributed by atoms with Crippen molar-refractivity contribution in [3.05, 3.63) is 68.6 Å². The molecule has 2 heterocycles. The minimum absolute atomic E-state index is 0.0806. The smallest absolute Gasteiger partial charge is 0.335 e. The molecule has 2 saturated carbocycles. The number of ether oxygens (including phenoxy) is 1. The van der Waals surface area contributed by atoms with Crippen LogP contribution >= 0.6 is 22.9 Å². The number of carbonyl (C=O) groups is 1. The number of carboxylic acids is 1. The number of benzene rings is 2. The second-order valence-electron chi connectivity index (χ2n) is 11.7. The Morgan fingerprint density at radius 1 is 1.27 bits per heavy atom. The molecule has 6 rings (SSSR count). The van der Waals surface area contributed by atoms with Gasteiger partial charge < -0.3 is 19.5 Å². The zero-order chi connectivity index (χ0) is 28.4. The van der Waals surface area contributed by atoms with Gasteiger partial charge in [0.2, 0.25) is 0 Å². The minimum atomic E-state index is -1.28. The van der Waals surface area contributed by atoms with Gasteiger partial charge in [-0.2, -0.15) is 0 Å². The Morgan fingerprint density at radius 2 is 2.05 bits per heavy atom. The Kier molecular flexibility index (Phi) is 6.77. The van der Waals surface area contributed by atoms with Crippen LogP contribution in [0, 0.1) is 18.2 Å². The quantitative estimate of drug-likeness (QED) is 0.230. The molecule has 0 amide bonds. The molecule has 40 heavy (non-hydrogen) atoms. The van der Waals surface area contributed by atoms with Gasteiger partial charge in [0.25, 0.3) is 0 Å². The molecule has 0 saturated heterocycles. The van der Waals surface area contributed by atoms with Crippen LogP contribution in [0.15, 0.2) is 34.9 Å². The Balaban J connectivity index is 1.24. The van der Waals surface area contributed by atoms with Gasteiger partial charge in [0.1, 0.15) is 27.6 Å². The van der Waals surface area contributed by atoms with Crippen molar-refractivity contribution in [2.24, 2.45) is 5.41 Å². The number of aliphatic hydroxyl groups is 1. The highest BCUT2D eigenvalue weighted by Crippen LogP contribution is 2.50. The van der Waals surface area contributed by atoms with E-state index in [0.29, 0.717) is 52.2 Å². The van der Waals surface area contributed by atoms with Crippen molar-refractivity contribution >= 4 is 39.1 Å². The molecule has 2 N–H and O–H groups in total. The zero-order valence-corrected chi connectivity index (χ0v) is 24.0. The number of carboxylic acid groups (broad SMARTS) is 1. The average molecular weight is 585 g/mol. The van der Waals surface area contributed by atoms with E-state index in [4.69, 9.17) is 20.9 Å². The van der Waals surface area contributed by atoms with Crippen LogP contribution < -0.4 is 0 Å². The molecule has 7 nitrogen and oxygen atoms in total. The molecule has 0 radical (unpaired) electrons. The first-order valence-electron chi connectivity index (χ1n) is 13.4. The molecule has 2 aromatic carbocycles. The van der Waals surface area contributed by atoms with E-state index in [1.165, 1.54) is 6.07 Å². The summed E-state index contributed by atoms with van der Waals surface area (Å²) in [5, 5.41) is 26.4. The van der Waals surface area contributed by atoms with Crippen LogP contribution in [0.3, 0.4) is 0 Å². The van der Waals surface area contributed by atoms with Gasteiger partial charge in [-0.25, -0.2) is 14.2 Å². The second-order valence-corrected chi connectivity index (χ2v) is 13.2. The summed E-state index contributed by atoms with van der Waals surface area (Å²) in [6.45, 7) is 6.41. The molecule has 2 aliphatic carbocycles. The molecule has 0 aliphatic heterocycles. The molecule has 4 aromatic rings. The van der Waals surface area contributed by atoms with Gasteiger partial charge in [0.15, 0.2) is 5.82 Å². The maximum Gasteiger partial charge on any atom is 0.335 e. The monoisotopic (exact) mass is 584 g/mol. The number of hydrogen-bond acceptors (Lipinski definition) is 7.